The predicted octanol–water partition coefficient (Wildman–Crippen LogP) is 4.20. The second-order valence-corrected chi connectivity index (χ2v) is 9.19. The van der Waals surface area contributed by atoms with Crippen molar-refractivity contribution in [3.05, 3.63) is 66.0 Å². The van der Waals surface area contributed by atoms with Gasteiger partial charge in [-0.2, -0.15) is 0 Å². The number of nitrogens with zero attached hydrogens (tertiary/aromatic N) is 4. The molecule has 6 heteroatoms. The van der Waals surface area contributed by atoms with Gasteiger partial charge in [0.1, 0.15) is 12.4 Å². The second kappa shape index (κ2) is 9.15. The quantitative estimate of drug-likeness (QED) is 0.562. The molecule has 2 aromatic carbocycles. The van der Waals surface area contributed by atoms with Crippen molar-refractivity contribution in [2.45, 2.75) is 65.2 Å². The molecule has 0 N–H and O–H groups in total. The number of carbonyl (C=O) groups is 2. The fourth-order valence-corrected chi connectivity index (χ4v) is 4.86. The summed E-state index contributed by atoms with van der Waals surface area (Å²) in [4.78, 5) is 34.8. The Bertz CT molecular complexity index is 1100. The summed E-state index contributed by atoms with van der Waals surface area (Å²) in [5, 5.41) is 0. The van der Waals surface area contributed by atoms with Crippen LogP contribution in [0.4, 0.5) is 0 Å². The Morgan fingerprint density at radius 3 is 2.38 bits per heavy atom. The minimum absolute atomic E-state index is 0.0297. The van der Waals surface area contributed by atoms with E-state index in [1.165, 1.54) is 0 Å². The van der Waals surface area contributed by atoms with E-state index in [2.05, 4.69) is 0 Å². The molecule has 0 spiro atoms. The van der Waals surface area contributed by atoms with Gasteiger partial charge in [-0.15, -0.1) is 0 Å². The molecule has 168 valence electrons. The Hall–Kier alpha value is -3.15. The maximum Gasteiger partial charge on any atom is 0.243 e. The standard InChI is InChI=1S/C26H32N4O2/c1-18(2)30(19(3)4)25(32)17-29-23-13-9-8-12-22(23)27-26(29)21-14-24(31)28(16-21)15-20-10-6-5-7-11-20/h5-13,18-19,21H,14-17H2,1-4H3/t21-/m1/s1. The van der Waals surface area contributed by atoms with Gasteiger partial charge in [0.25, 0.3) is 0 Å². The minimum Gasteiger partial charge on any atom is -0.338 e. The molecule has 1 saturated heterocycles. The molecule has 3 aromatic rings. The molecule has 1 atom stereocenters. The van der Waals surface area contributed by atoms with Crippen LogP contribution >= 0.6 is 0 Å². The fourth-order valence-electron chi connectivity index (χ4n) is 4.86. The molecule has 1 fully saturated rings. The van der Waals surface area contributed by atoms with E-state index in [0.29, 0.717) is 19.5 Å². The number of carbonyl (C=O) groups excluding carboxylic acids is 2. The first-order valence-corrected chi connectivity index (χ1v) is 11.4. The van der Waals surface area contributed by atoms with Gasteiger partial charge in [-0.25, -0.2) is 4.98 Å². The third-order valence-corrected chi connectivity index (χ3v) is 6.17. The first-order valence-electron chi connectivity index (χ1n) is 11.4. The van der Waals surface area contributed by atoms with E-state index in [0.717, 1.165) is 22.4 Å². The van der Waals surface area contributed by atoms with Crippen LogP contribution in [0.15, 0.2) is 54.6 Å². The van der Waals surface area contributed by atoms with Crippen LogP contribution in [0.25, 0.3) is 11.0 Å². The number of para-hydroxylation sites is 2. The largest absolute Gasteiger partial charge is 0.338 e. The van der Waals surface area contributed by atoms with Crippen molar-refractivity contribution < 1.29 is 9.59 Å². The first kappa shape index (κ1) is 22.1. The van der Waals surface area contributed by atoms with Crippen molar-refractivity contribution in [3.63, 3.8) is 0 Å². The van der Waals surface area contributed by atoms with Gasteiger partial charge in [0.2, 0.25) is 11.8 Å². The summed E-state index contributed by atoms with van der Waals surface area (Å²) < 4.78 is 2.03. The van der Waals surface area contributed by atoms with E-state index in [1.54, 1.807) is 0 Å². The normalized spacial score (nSPS) is 16.5. The van der Waals surface area contributed by atoms with Gasteiger partial charge < -0.3 is 14.4 Å². The van der Waals surface area contributed by atoms with Crippen LogP contribution in [0.3, 0.4) is 0 Å². The van der Waals surface area contributed by atoms with Crippen LogP contribution in [0, 0.1) is 0 Å². The summed E-state index contributed by atoms with van der Waals surface area (Å²) in [5.74, 6) is 1.01. The molecule has 4 rings (SSSR count). The van der Waals surface area contributed by atoms with E-state index >= 15 is 0 Å². The van der Waals surface area contributed by atoms with Gasteiger partial charge in [0.15, 0.2) is 0 Å². The molecule has 6 nitrogen and oxygen atoms in total. The monoisotopic (exact) mass is 432 g/mol. The van der Waals surface area contributed by atoms with E-state index in [-0.39, 0.29) is 36.4 Å². The third-order valence-electron chi connectivity index (χ3n) is 6.17. The molecule has 32 heavy (non-hydrogen) atoms. The topological polar surface area (TPSA) is 58.4 Å². The highest BCUT2D eigenvalue weighted by Crippen LogP contribution is 2.31. The Morgan fingerprint density at radius 2 is 1.69 bits per heavy atom. The molecule has 1 aromatic heterocycles. The van der Waals surface area contributed by atoms with Crippen molar-refractivity contribution in [1.29, 1.82) is 0 Å². The lowest BCUT2D eigenvalue weighted by molar-refractivity contribution is -0.135. The van der Waals surface area contributed by atoms with E-state index in [9.17, 15) is 9.59 Å². The summed E-state index contributed by atoms with van der Waals surface area (Å²) in [6.45, 7) is 9.62. The van der Waals surface area contributed by atoms with Gasteiger partial charge in [0.05, 0.1) is 11.0 Å². The molecule has 2 heterocycles. The zero-order chi connectivity index (χ0) is 22.8. The van der Waals surface area contributed by atoms with Crippen molar-refractivity contribution in [3.8, 4) is 0 Å². The van der Waals surface area contributed by atoms with Crippen LogP contribution in [0.2, 0.25) is 0 Å². The number of aromatic nitrogens is 2. The summed E-state index contributed by atoms with van der Waals surface area (Å²) >= 11 is 0. The lowest BCUT2D eigenvalue weighted by Crippen LogP contribution is -2.44. The highest BCUT2D eigenvalue weighted by Gasteiger charge is 2.34. The molecule has 2 amide bonds. The highest BCUT2D eigenvalue weighted by molar-refractivity contribution is 5.83. The fraction of sp³-hybridized carbons (Fsp3) is 0.423. The van der Waals surface area contributed by atoms with Gasteiger partial charge in [0, 0.05) is 37.5 Å². The van der Waals surface area contributed by atoms with E-state index < -0.39 is 0 Å². The molecular weight excluding hydrogens is 400 g/mol. The maximum atomic E-state index is 13.3. The van der Waals surface area contributed by atoms with Crippen LogP contribution in [-0.4, -0.2) is 49.8 Å². The Kier molecular flexibility index (Phi) is 6.31. The molecule has 1 aliphatic heterocycles. The zero-order valence-electron chi connectivity index (χ0n) is 19.4. The number of amides is 2. The van der Waals surface area contributed by atoms with E-state index in [1.807, 2.05) is 96.7 Å². The smallest absolute Gasteiger partial charge is 0.243 e. The average Bonchev–Trinajstić information content (AvgIpc) is 3.29. The van der Waals surface area contributed by atoms with Gasteiger partial charge in [-0.1, -0.05) is 42.5 Å². The van der Waals surface area contributed by atoms with Crippen LogP contribution < -0.4 is 0 Å². The Morgan fingerprint density at radius 1 is 1.03 bits per heavy atom. The zero-order valence-corrected chi connectivity index (χ0v) is 19.4. The average molecular weight is 433 g/mol. The highest BCUT2D eigenvalue weighted by atomic mass is 16.2. The number of rotatable bonds is 7. The number of imidazole rings is 1. The van der Waals surface area contributed by atoms with Gasteiger partial charge in [-0.05, 0) is 45.4 Å². The van der Waals surface area contributed by atoms with E-state index in [4.69, 9.17) is 4.98 Å². The minimum atomic E-state index is -0.0297. The Labute approximate surface area is 189 Å². The van der Waals surface area contributed by atoms with Crippen molar-refractivity contribution in [1.82, 2.24) is 19.4 Å². The van der Waals surface area contributed by atoms with Crippen LogP contribution in [0.1, 0.15) is 51.4 Å². The first-order chi connectivity index (χ1) is 15.3. The number of likely N-dealkylation sites (tertiary alicyclic amines) is 1. The predicted molar refractivity (Wildman–Crippen MR) is 126 cm³/mol. The molecule has 0 bridgehead atoms. The maximum absolute atomic E-state index is 13.3. The lowest BCUT2D eigenvalue weighted by Gasteiger charge is -2.31. The molecular formula is C26H32N4O2. The van der Waals surface area contributed by atoms with Gasteiger partial charge in [-0.3, -0.25) is 9.59 Å². The van der Waals surface area contributed by atoms with Crippen molar-refractivity contribution >= 4 is 22.8 Å². The summed E-state index contributed by atoms with van der Waals surface area (Å²) in [6.07, 6.45) is 0.419. The lowest BCUT2D eigenvalue weighted by atomic mass is 10.1. The molecule has 0 saturated carbocycles. The van der Waals surface area contributed by atoms with Crippen molar-refractivity contribution in [2.75, 3.05) is 6.54 Å². The number of benzene rings is 2. The molecule has 1 aliphatic rings. The summed E-state index contributed by atoms with van der Waals surface area (Å²) in [5.41, 5.74) is 2.93. The summed E-state index contributed by atoms with van der Waals surface area (Å²) in [7, 11) is 0. The SMILES string of the molecule is CC(C)N(C(=O)Cn1c([C@@H]2CC(=O)N(Cc3ccccc3)C2)nc2ccccc21)C(C)C. The number of hydrogen-bond acceptors (Lipinski definition) is 3. The third kappa shape index (κ3) is 4.40. The molecule has 0 radical (unpaired) electrons. The van der Waals surface area contributed by atoms with Gasteiger partial charge >= 0.3 is 0 Å². The van der Waals surface area contributed by atoms with Crippen LogP contribution in [0.5, 0.6) is 0 Å². The van der Waals surface area contributed by atoms with Crippen molar-refractivity contribution in [2.24, 2.45) is 0 Å². The Balaban J connectivity index is 1.63. The van der Waals surface area contributed by atoms with Crippen LogP contribution in [-0.2, 0) is 22.7 Å². The number of fused-ring (bicyclic) bond motifs is 1. The number of hydrogen-bond donors (Lipinski definition) is 0. The summed E-state index contributed by atoms with van der Waals surface area (Å²) in [6, 6.07) is 18.2. The molecule has 0 unspecified atom stereocenters. The molecule has 0 aliphatic carbocycles. The second-order valence-electron chi connectivity index (χ2n) is 9.19.